The first-order chi connectivity index (χ1) is 7.06. The maximum absolute atomic E-state index is 4.22. The molecule has 0 heteroatoms. The van der Waals surface area contributed by atoms with E-state index in [9.17, 15) is 0 Å². The molecule has 0 bridgehead atoms. The Labute approximate surface area is 94.5 Å². The summed E-state index contributed by atoms with van der Waals surface area (Å²) in [6.45, 7) is 11.2. The molecule has 1 fully saturated rings. The van der Waals surface area contributed by atoms with Crippen molar-refractivity contribution in [1.29, 1.82) is 0 Å². The highest BCUT2D eigenvalue weighted by Gasteiger charge is 2.47. The lowest BCUT2D eigenvalue weighted by Crippen LogP contribution is -2.33. The predicted molar refractivity (Wildman–Crippen MR) is 66.7 cm³/mol. The largest absolute Gasteiger partial charge is 0.0998 e. The van der Waals surface area contributed by atoms with E-state index in [2.05, 4.69) is 33.4 Å². The SMILES string of the molecule is C=C(C)[C@@H]1CC[C@H](C)[C@@]12CC=C(C)CC2. The van der Waals surface area contributed by atoms with Gasteiger partial charge in [0.1, 0.15) is 0 Å². The Morgan fingerprint density at radius 1 is 1.47 bits per heavy atom. The molecule has 1 saturated carbocycles. The lowest BCUT2D eigenvalue weighted by atomic mass is 9.63. The highest BCUT2D eigenvalue weighted by Crippen LogP contribution is 2.57. The van der Waals surface area contributed by atoms with Crippen molar-refractivity contribution in [3.63, 3.8) is 0 Å². The zero-order chi connectivity index (χ0) is 11.1. The van der Waals surface area contributed by atoms with Gasteiger partial charge in [0.2, 0.25) is 0 Å². The predicted octanol–water partition coefficient (Wildman–Crippen LogP) is 4.73. The van der Waals surface area contributed by atoms with Crippen molar-refractivity contribution in [2.75, 3.05) is 0 Å². The first-order valence-corrected chi connectivity index (χ1v) is 6.37. The normalized spacial score (nSPS) is 40.6. The minimum atomic E-state index is 0.575. The summed E-state index contributed by atoms with van der Waals surface area (Å²) in [5, 5.41) is 0. The molecular formula is C15H24. The lowest BCUT2D eigenvalue weighted by Gasteiger charge is -2.42. The quantitative estimate of drug-likeness (QED) is 0.542. The molecule has 0 aromatic rings. The molecule has 3 atom stereocenters. The summed E-state index contributed by atoms with van der Waals surface area (Å²) in [6.07, 6.45) is 9.29. The molecule has 0 aromatic heterocycles. The van der Waals surface area contributed by atoms with E-state index in [-0.39, 0.29) is 0 Å². The smallest absolute Gasteiger partial charge is 0.0146 e. The molecule has 84 valence electrons. The van der Waals surface area contributed by atoms with Crippen molar-refractivity contribution in [1.82, 2.24) is 0 Å². The number of rotatable bonds is 1. The number of allylic oxidation sites excluding steroid dienone is 3. The fourth-order valence-corrected chi connectivity index (χ4v) is 3.83. The van der Waals surface area contributed by atoms with Crippen LogP contribution in [-0.2, 0) is 0 Å². The standard InChI is InChI=1S/C15H24/c1-11(2)14-6-5-13(4)15(14)9-7-12(3)8-10-15/h7,13-14H,1,5-6,8-10H2,2-4H3/t13-,14-,15-/m0/s1. The van der Waals surface area contributed by atoms with Crippen molar-refractivity contribution in [3.05, 3.63) is 23.8 Å². The van der Waals surface area contributed by atoms with Crippen molar-refractivity contribution < 1.29 is 0 Å². The number of hydrogen-bond acceptors (Lipinski definition) is 0. The molecule has 0 aromatic carbocycles. The summed E-state index contributed by atoms with van der Waals surface area (Å²) < 4.78 is 0. The highest BCUT2D eigenvalue weighted by molar-refractivity contribution is 5.17. The van der Waals surface area contributed by atoms with E-state index in [4.69, 9.17) is 0 Å². The third-order valence-corrected chi connectivity index (χ3v) is 4.97. The highest BCUT2D eigenvalue weighted by atomic mass is 14.5. The van der Waals surface area contributed by atoms with Gasteiger partial charge in [0.05, 0.1) is 0 Å². The van der Waals surface area contributed by atoms with Crippen LogP contribution in [0.1, 0.15) is 52.9 Å². The van der Waals surface area contributed by atoms with Gasteiger partial charge in [-0.25, -0.2) is 0 Å². The Morgan fingerprint density at radius 2 is 2.20 bits per heavy atom. The number of hydrogen-bond donors (Lipinski definition) is 0. The van der Waals surface area contributed by atoms with Crippen LogP contribution < -0.4 is 0 Å². The Morgan fingerprint density at radius 3 is 2.73 bits per heavy atom. The van der Waals surface area contributed by atoms with E-state index in [0.29, 0.717) is 5.41 Å². The molecule has 0 N–H and O–H groups in total. The van der Waals surface area contributed by atoms with Gasteiger partial charge >= 0.3 is 0 Å². The molecule has 1 spiro atoms. The second kappa shape index (κ2) is 3.81. The molecular weight excluding hydrogens is 180 g/mol. The second-order valence-electron chi connectivity index (χ2n) is 5.87. The van der Waals surface area contributed by atoms with Gasteiger partial charge in [0.15, 0.2) is 0 Å². The summed E-state index contributed by atoms with van der Waals surface area (Å²) >= 11 is 0. The monoisotopic (exact) mass is 204 g/mol. The lowest BCUT2D eigenvalue weighted by molar-refractivity contribution is 0.142. The molecule has 0 nitrogen and oxygen atoms in total. The minimum absolute atomic E-state index is 0.575. The van der Waals surface area contributed by atoms with Gasteiger partial charge in [0.25, 0.3) is 0 Å². The van der Waals surface area contributed by atoms with Crippen LogP contribution in [0, 0.1) is 17.3 Å². The van der Waals surface area contributed by atoms with Gasteiger partial charge < -0.3 is 0 Å². The minimum Gasteiger partial charge on any atom is -0.0998 e. The third-order valence-electron chi connectivity index (χ3n) is 4.97. The molecule has 0 heterocycles. The van der Waals surface area contributed by atoms with Crippen molar-refractivity contribution in [3.8, 4) is 0 Å². The zero-order valence-corrected chi connectivity index (χ0v) is 10.5. The molecule has 0 saturated heterocycles. The average molecular weight is 204 g/mol. The summed E-state index contributed by atoms with van der Waals surface area (Å²) in [6, 6.07) is 0. The van der Waals surface area contributed by atoms with Gasteiger partial charge in [-0.15, -0.1) is 0 Å². The Hall–Kier alpha value is -0.520. The summed E-state index contributed by atoms with van der Waals surface area (Å²) in [7, 11) is 0. The summed E-state index contributed by atoms with van der Waals surface area (Å²) in [5.74, 6) is 1.68. The van der Waals surface area contributed by atoms with E-state index >= 15 is 0 Å². The van der Waals surface area contributed by atoms with Crippen LogP contribution in [0.25, 0.3) is 0 Å². The van der Waals surface area contributed by atoms with Gasteiger partial charge in [0, 0.05) is 0 Å². The zero-order valence-electron chi connectivity index (χ0n) is 10.5. The maximum Gasteiger partial charge on any atom is -0.0146 e. The van der Waals surface area contributed by atoms with Crippen LogP contribution in [0.4, 0.5) is 0 Å². The molecule has 2 aliphatic rings. The molecule has 0 amide bonds. The first kappa shape index (κ1) is 11.0. The Kier molecular flexibility index (Phi) is 2.79. The summed E-state index contributed by atoms with van der Waals surface area (Å²) in [4.78, 5) is 0. The van der Waals surface area contributed by atoms with Crippen LogP contribution in [0.2, 0.25) is 0 Å². The van der Waals surface area contributed by atoms with Crippen molar-refractivity contribution in [2.45, 2.75) is 52.9 Å². The Balaban J connectivity index is 2.27. The molecule has 0 radical (unpaired) electrons. The fraction of sp³-hybridized carbons (Fsp3) is 0.733. The van der Waals surface area contributed by atoms with Crippen molar-refractivity contribution >= 4 is 0 Å². The summed E-state index contributed by atoms with van der Waals surface area (Å²) in [5.41, 5.74) is 3.60. The van der Waals surface area contributed by atoms with Gasteiger partial charge in [-0.2, -0.15) is 0 Å². The molecule has 0 unspecified atom stereocenters. The van der Waals surface area contributed by atoms with Gasteiger partial charge in [-0.3, -0.25) is 0 Å². The topological polar surface area (TPSA) is 0 Å². The van der Waals surface area contributed by atoms with E-state index in [1.165, 1.54) is 37.7 Å². The molecule has 15 heavy (non-hydrogen) atoms. The average Bonchev–Trinajstić information content (AvgIpc) is 2.50. The molecule has 0 aliphatic heterocycles. The molecule has 2 rings (SSSR count). The van der Waals surface area contributed by atoms with E-state index in [1.54, 1.807) is 5.57 Å². The van der Waals surface area contributed by atoms with Crippen LogP contribution in [-0.4, -0.2) is 0 Å². The first-order valence-electron chi connectivity index (χ1n) is 6.37. The second-order valence-corrected chi connectivity index (χ2v) is 5.87. The van der Waals surface area contributed by atoms with Gasteiger partial charge in [-0.05, 0) is 63.2 Å². The van der Waals surface area contributed by atoms with Crippen LogP contribution in [0.5, 0.6) is 0 Å². The van der Waals surface area contributed by atoms with Crippen molar-refractivity contribution in [2.24, 2.45) is 17.3 Å². The van der Waals surface area contributed by atoms with Crippen LogP contribution >= 0.6 is 0 Å². The fourth-order valence-electron chi connectivity index (χ4n) is 3.83. The van der Waals surface area contributed by atoms with Crippen LogP contribution in [0.3, 0.4) is 0 Å². The van der Waals surface area contributed by atoms with Crippen LogP contribution in [0.15, 0.2) is 23.8 Å². The third kappa shape index (κ3) is 1.68. The molecule has 2 aliphatic carbocycles. The van der Waals surface area contributed by atoms with E-state index in [1.807, 2.05) is 0 Å². The Bertz CT molecular complexity index is 297. The van der Waals surface area contributed by atoms with Gasteiger partial charge in [-0.1, -0.05) is 30.7 Å². The van der Waals surface area contributed by atoms with E-state index < -0.39 is 0 Å². The maximum atomic E-state index is 4.22. The van der Waals surface area contributed by atoms with E-state index in [0.717, 1.165) is 11.8 Å².